The number of aryl methyl sites for hydroxylation is 1. The zero-order valence-corrected chi connectivity index (χ0v) is 14.7. The molecule has 25 heavy (non-hydrogen) atoms. The second-order valence-electron chi connectivity index (χ2n) is 6.78. The van der Waals surface area contributed by atoms with Gasteiger partial charge in [-0.3, -0.25) is 9.48 Å². The molecule has 7 nitrogen and oxygen atoms in total. The van der Waals surface area contributed by atoms with Gasteiger partial charge in [0, 0.05) is 42.8 Å². The molecule has 0 aliphatic heterocycles. The summed E-state index contributed by atoms with van der Waals surface area (Å²) < 4.78 is 3.68. The van der Waals surface area contributed by atoms with E-state index < -0.39 is 0 Å². The predicted octanol–water partition coefficient (Wildman–Crippen LogP) is 1.31. The van der Waals surface area contributed by atoms with Crippen molar-refractivity contribution in [3.8, 4) is 0 Å². The van der Waals surface area contributed by atoms with Crippen LogP contribution < -0.4 is 16.2 Å². The van der Waals surface area contributed by atoms with Crippen LogP contribution in [0.2, 0.25) is 0 Å². The Morgan fingerprint density at radius 1 is 1.36 bits per heavy atom. The van der Waals surface area contributed by atoms with Gasteiger partial charge >= 0.3 is 6.03 Å². The van der Waals surface area contributed by atoms with Crippen molar-refractivity contribution in [2.24, 2.45) is 0 Å². The van der Waals surface area contributed by atoms with E-state index in [9.17, 15) is 9.59 Å². The Labute approximate surface area is 147 Å². The zero-order chi connectivity index (χ0) is 17.8. The second kappa shape index (κ2) is 7.55. The molecule has 1 unspecified atom stereocenters. The summed E-state index contributed by atoms with van der Waals surface area (Å²) in [7, 11) is 0. The van der Waals surface area contributed by atoms with Gasteiger partial charge < -0.3 is 15.2 Å². The van der Waals surface area contributed by atoms with E-state index in [1.165, 1.54) is 0 Å². The molecule has 134 valence electrons. The zero-order valence-electron chi connectivity index (χ0n) is 14.7. The average molecular weight is 343 g/mol. The van der Waals surface area contributed by atoms with Gasteiger partial charge in [0.05, 0.1) is 6.54 Å². The van der Waals surface area contributed by atoms with E-state index in [0.717, 1.165) is 30.5 Å². The summed E-state index contributed by atoms with van der Waals surface area (Å²) in [5.74, 6) is 0. The molecule has 1 atom stereocenters. The van der Waals surface area contributed by atoms with E-state index >= 15 is 0 Å². The van der Waals surface area contributed by atoms with Gasteiger partial charge in [-0.1, -0.05) is 6.07 Å². The Balaban J connectivity index is 1.70. The van der Waals surface area contributed by atoms with Gasteiger partial charge in [0.25, 0.3) is 5.56 Å². The molecular weight excluding hydrogens is 318 g/mol. The minimum absolute atomic E-state index is 0.0230. The number of aromatic nitrogens is 3. The van der Waals surface area contributed by atoms with Gasteiger partial charge in [-0.15, -0.1) is 0 Å². The molecule has 0 fully saturated rings. The maximum absolute atomic E-state index is 12.3. The first-order valence-corrected chi connectivity index (χ1v) is 8.79. The maximum Gasteiger partial charge on any atom is 0.315 e. The Hall–Kier alpha value is -2.57. The number of hydrogen-bond acceptors (Lipinski definition) is 3. The van der Waals surface area contributed by atoms with Crippen molar-refractivity contribution in [1.29, 1.82) is 0 Å². The van der Waals surface area contributed by atoms with Crippen molar-refractivity contribution in [3.63, 3.8) is 0 Å². The molecular formula is C18H25N5O2. The number of carbonyl (C=O) groups excluding carboxylic acids is 1. The summed E-state index contributed by atoms with van der Waals surface area (Å²) in [6.07, 6.45) is 6.01. The van der Waals surface area contributed by atoms with Crippen molar-refractivity contribution in [1.82, 2.24) is 25.0 Å². The van der Waals surface area contributed by atoms with Crippen molar-refractivity contribution in [2.75, 3.05) is 0 Å². The maximum atomic E-state index is 12.3. The molecule has 2 amide bonds. The lowest BCUT2D eigenvalue weighted by Gasteiger charge is -2.28. The van der Waals surface area contributed by atoms with Crippen LogP contribution in [-0.2, 0) is 25.9 Å². The summed E-state index contributed by atoms with van der Waals surface area (Å²) in [5.41, 5.74) is 2.25. The molecule has 0 bridgehead atoms. The number of hydrogen-bond donors (Lipinski definition) is 2. The third kappa shape index (κ3) is 4.29. The van der Waals surface area contributed by atoms with Crippen molar-refractivity contribution in [2.45, 2.75) is 58.3 Å². The molecule has 2 N–H and O–H groups in total. The fraction of sp³-hybridized carbons (Fsp3) is 0.500. The van der Waals surface area contributed by atoms with Gasteiger partial charge in [-0.2, -0.15) is 5.10 Å². The van der Waals surface area contributed by atoms with Crippen LogP contribution in [-0.4, -0.2) is 32.5 Å². The minimum atomic E-state index is -0.129. The summed E-state index contributed by atoms with van der Waals surface area (Å²) >= 11 is 0. The van der Waals surface area contributed by atoms with Gasteiger partial charge in [0.2, 0.25) is 0 Å². The molecule has 1 aliphatic carbocycles. The van der Waals surface area contributed by atoms with Crippen LogP contribution in [0.25, 0.3) is 0 Å². The molecule has 0 radical (unpaired) electrons. The molecule has 2 heterocycles. The Morgan fingerprint density at radius 2 is 2.20 bits per heavy atom. The third-order valence-corrected chi connectivity index (χ3v) is 4.45. The number of carbonyl (C=O) groups is 1. The van der Waals surface area contributed by atoms with Crippen LogP contribution in [0.5, 0.6) is 0 Å². The number of pyridine rings is 1. The smallest absolute Gasteiger partial charge is 0.315 e. The first-order valence-electron chi connectivity index (χ1n) is 8.79. The quantitative estimate of drug-likeness (QED) is 0.859. The highest BCUT2D eigenvalue weighted by atomic mass is 16.2. The topological polar surface area (TPSA) is 81.0 Å². The molecule has 0 saturated carbocycles. The number of nitrogens with one attached hydrogen (secondary N) is 2. The molecule has 7 heteroatoms. The van der Waals surface area contributed by atoms with Gasteiger partial charge in [0.15, 0.2) is 0 Å². The number of amides is 2. The lowest BCUT2D eigenvalue weighted by Crippen LogP contribution is -2.47. The van der Waals surface area contributed by atoms with E-state index in [4.69, 9.17) is 0 Å². The molecule has 2 aromatic heterocycles. The van der Waals surface area contributed by atoms with Crippen LogP contribution in [0.1, 0.15) is 31.5 Å². The van der Waals surface area contributed by atoms with Crippen molar-refractivity contribution in [3.05, 3.63) is 52.2 Å². The number of nitrogens with zero attached hydrogens (tertiary/aromatic N) is 3. The Morgan fingerprint density at radius 3 is 2.92 bits per heavy atom. The highest BCUT2D eigenvalue weighted by Gasteiger charge is 2.23. The van der Waals surface area contributed by atoms with E-state index in [0.29, 0.717) is 13.1 Å². The first-order chi connectivity index (χ1) is 12.0. The van der Waals surface area contributed by atoms with Crippen LogP contribution in [0.3, 0.4) is 0 Å². The fourth-order valence-electron chi connectivity index (χ4n) is 3.32. The van der Waals surface area contributed by atoms with E-state index in [-0.39, 0.29) is 23.7 Å². The number of rotatable bonds is 5. The molecule has 2 aromatic rings. The SMILES string of the molecule is CC(C)NC(=O)NC1CCc2c(ccc(=O)n2CCn2cccn2)C1. The molecule has 0 saturated heterocycles. The average Bonchev–Trinajstić information content (AvgIpc) is 3.06. The normalized spacial score (nSPS) is 16.5. The molecule has 1 aliphatic rings. The summed E-state index contributed by atoms with van der Waals surface area (Å²) in [5, 5.41) is 10.1. The van der Waals surface area contributed by atoms with E-state index in [1.807, 2.05) is 41.4 Å². The number of urea groups is 1. The summed E-state index contributed by atoms with van der Waals surface area (Å²) in [6.45, 7) is 5.15. The van der Waals surface area contributed by atoms with E-state index in [2.05, 4.69) is 15.7 Å². The largest absolute Gasteiger partial charge is 0.336 e. The second-order valence-corrected chi connectivity index (χ2v) is 6.78. The van der Waals surface area contributed by atoms with Gasteiger partial charge in [-0.05, 0) is 44.7 Å². The number of fused-ring (bicyclic) bond motifs is 1. The molecule has 0 aromatic carbocycles. The molecule has 0 spiro atoms. The van der Waals surface area contributed by atoms with Crippen LogP contribution in [0, 0.1) is 0 Å². The van der Waals surface area contributed by atoms with Crippen molar-refractivity contribution < 1.29 is 4.79 Å². The Bertz CT molecular complexity index is 779. The summed E-state index contributed by atoms with van der Waals surface area (Å²) in [4.78, 5) is 24.2. The standard InChI is InChI=1S/C18H25N5O2/c1-13(2)20-18(25)21-15-5-6-16-14(12-15)4-7-17(24)23(16)11-10-22-9-3-8-19-22/h3-4,7-9,13,15H,5-6,10-12H2,1-2H3,(H2,20,21,25). The van der Waals surface area contributed by atoms with Gasteiger partial charge in [0.1, 0.15) is 0 Å². The van der Waals surface area contributed by atoms with E-state index in [1.54, 1.807) is 12.3 Å². The van der Waals surface area contributed by atoms with Crippen LogP contribution in [0.15, 0.2) is 35.4 Å². The van der Waals surface area contributed by atoms with Crippen molar-refractivity contribution >= 4 is 6.03 Å². The highest BCUT2D eigenvalue weighted by molar-refractivity contribution is 5.74. The first kappa shape index (κ1) is 17.3. The van der Waals surface area contributed by atoms with Crippen LogP contribution >= 0.6 is 0 Å². The minimum Gasteiger partial charge on any atom is -0.336 e. The predicted molar refractivity (Wildman–Crippen MR) is 95.5 cm³/mol. The van der Waals surface area contributed by atoms with Crippen LogP contribution in [0.4, 0.5) is 4.79 Å². The monoisotopic (exact) mass is 343 g/mol. The third-order valence-electron chi connectivity index (χ3n) is 4.45. The molecule has 3 rings (SSSR count). The highest BCUT2D eigenvalue weighted by Crippen LogP contribution is 2.20. The lowest BCUT2D eigenvalue weighted by molar-refractivity contribution is 0.233. The van der Waals surface area contributed by atoms with Gasteiger partial charge in [-0.25, -0.2) is 4.79 Å². The lowest BCUT2D eigenvalue weighted by atomic mass is 9.91. The Kier molecular flexibility index (Phi) is 5.21. The summed E-state index contributed by atoms with van der Waals surface area (Å²) in [6, 6.07) is 5.48. The fourth-order valence-corrected chi connectivity index (χ4v) is 3.32.